The van der Waals surface area contributed by atoms with E-state index in [1.807, 2.05) is 54.7 Å². The number of ether oxygens (including phenoxy) is 2. The van der Waals surface area contributed by atoms with Gasteiger partial charge < -0.3 is 14.5 Å². The first-order chi connectivity index (χ1) is 18.1. The molecule has 0 radical (unpaired) electrons. The predicted molar refractivity (Wildman–Crippen MR) is 143 cm³/mol. The molecule has 0 amide bonds. The Balaban J connectivity index is 1.51. The molecule has 0 fully saturated rings. The van der Waals surface area contributed by atoms with Gasteiger partial charge in [0.15, 0.2) is 5.78 Å². The van der Waals surface area contributed by atoms with E-state index in [-0.39, 0.29) is 17.9 Å². The number of fused-ring (bicyclic) bond motifs is 1. The SMILES string of the molecule is COC(=O)c1ccccc1SCc1c(O[C@@H](Cc2ncc[nH]2)c2ccccc2)ccc2c1CCCC2=O. The lowest BCUT2D eigenvalue weighted by atomic mass is 9.87. The Morgan fingerprint density at radius 3 is 2.65 bits per heavy atom. The number of nitrogens with zero attached hydrogens (tertiary/aromatic N) is 1. The van der Waals surface area contributed by atoms with Gasteiger partial charge in [0.1, 0.15) is 17.7 Å². The predicted octanol–water partition coefficient (Wildman–Crippen LogP) is 6.37. The van der Waals surface area contributed by atoms with Crippen molar-refractivity contribution < 1.29 is 19.1 Å². The molecule has 3 aromatic carbocycles. The van der Waals surface area contributed by atoms with Crippen LogP contribution < -0.4 is 4.74 Å². The topological polar surface area (TPSA) is 81.3 Å². The largest absolute Gasteiger partial charge is 0.485 e. The quantitative estimate of drug-likeness (QED) is 0.207. The van der Waals surface area contributed by atoms with Crippen LogP contribution in [0.15, 0.2) is 84.0 Å². The summed E-state index contributed by atoms with van der Waals surface area (Å²) in [6.45, 7) is 0. The van der Waals surface area contributed by atoms with Crippen LogP contribution in [0, 0.1) is 0 Å². The van der Waals surface area contributed by atoms with E-state index in [2.05, 4.69) is 22.1 Å². The molecular formula is C30H28N2O4S. The maximum atomic E-state index is 12.7. The molecule has 188 valence electrons. The Kier molecular flexibility index (Phi) is 7.70. The molecule has 1 heterocycles. The number of Topliss-reactive ketones (excluding diaryl/α,β-unsaturated/α-hetero) is 1. The smallest absolute Gasteiger partial charge is 0.338 e. The lowest BCUT2D eigenvalue weighted by molar-refractivity contribution is 0.0596. The maximum absolute atomic E-state index is 12.7. The number of H-pyrrole nitrogens is 1. The van der Waals surface area contributed by atoms with Crippen molar-refractivity contribution in [1.82, 2.24) is 9.97 Å². The van der Waals surface area contributed by atoms with Crippen molar-refractivity contribution in [2.24, 2.45) is 0 Å². The number of esters is 1. The normalized spacial score (nSPS) is 13.6. The highest BCUT2D eigenvalue weighted by molar-refractivity contribution is 7.98. The summed E-state index contributed by atoms with van der Waals surface area (Å²) in [6, 6.07) is 21.3. The van der Waals surface area contributed by atoms with Crippen LogP contribution >= 0.6 is 11.8 Å². The Morgan fingerprint density at radius 1 is 1.05 bits per heavy atom. The lowest BCUT2D eigenvalue weighted by Gasteiger charge is -2.25. The first-order valence-electron chi connectivity index (χ1n) is 12.3. The summed E-state index contributed by atoms with van der Waals surface area (Å²) in [5, 5.41) is 0. The first kappa shape index (κ1) is 24.8. The minimum absolute atomic E-state index is 0.171. The first-order valence-corrected chi connectivity index (χ1v) is 13.3. The average Bonchev–Trinajstić information content (AvgIpc) is 3.45. The third kappa shape index (κ3) is 5.62. The fourth-order valence-corrected chi connectivity index (χ4v) is 5.80. The van der Waals surface area contributed by atoms with Gasteiger partial charge in [0.25, 0.3) is 0 Å². The molecule has 1 aliphatic carbocycles. The van der Waals surface area contributed by atoms with Gasteiger partial charge in [-0.2, -0.15) is 0 Å². The molecule has 6 nitrogen and oxygen atoms in total. The van der Waals surface area contributed by atoms with Gasteiger partial charge in [0.2, 0.25) is 0 Å². The maximum Gasteiger partial charge on any atom is 0.338 e. The van der Waals surface area contributed by atoms with Gasteiger partial charge in [-0.1, -0.05) is 42.5 Å². The highest BCUT2D eigenvalue weighted by atomic mass is 32.2. The number of aromatic nitrogens is 2. The second-order valence-electron chi connectivity index (χ2n) is 8.88. The molecule has 4 aromatic rings. The Bertz CT molecular complexity index is 1390. The zero-order valence-electron chi connectivity index (χ0n) is 20.6. The van der Waals surface area contributed by atoms with Crippen LogP contribution in [0.3, 0.4) is 0 Å². The van der Waals surface area contributed by atoms with E-state index in [4.69, 9.17) is 9.47 Å². The molecule has 0 bridgehead atoms. The van der Waals surface area contributed by atoms with Crippen molar-refractivity contribution in [2.75, 3.05) is 7.11 Å². The van der Waals surface area contributed by atoms with Crippen LogP contribution in [0.1, 0.15) is 62.2 Å². The molecule has 1 atom stereocenters. The Hall–Kier alpha value is -3.84. The molecule has 1 aromatic heterocycles. The molecule has 0 aliphatic heterocycles. The minimum Gasteiger partial charge on any atom is -0.485 e. The number of nitrogens with one attached hydrogen (secondary N) is 1. The monoisotopic (exact) mass is 512 g/mol. The minimum atomic E-state index is -0.368. The van der Waals surface area contributed by atoms with Crippen LogP contribution in [-0.4, -0.2) is 28.8 Å². The number of carbonyl (C=O) groups is 2. The molecule has 7 heteroatoms. The van der Waals surface area contributed by atoms with Gasteiger partial charge in [-0.3, -0.25) is 4.79 Å². The second kappa shape index (κ2) is 11.5. The number of thioether (sulfide) groups is 1. The van der Waals surface area contributed by atoms with Crippen LogP contribution in [0.2, 0.25) is 0 Å². The van der Waals surface area contributed by atoms with Crippen molar-refractivity contribution in [3.05, 3.63) is 113 Å². The Morgan fingerprint density at radius 2 is 1.86 bits per heavy atom. The number of benzene rings is 3. The number of ketones is 1. The Labute approximate surface area is 220 Å². The fourth-order valence-electron chi connectivity index (χ4n) is 4.70. The molecule has 1 N–H and O–H groups in total. The number of hydrogen-bond donors (Lipinski definition) is 1. The summed E-state index contributed by atoms with van der Waals surface area (Å²) < 4.78 is 11.7. The van der Waals surface area contributed by atoms with E-state index in [0.29, 0.717) is 24.2 Å². The van der Waals surface area contributed by atoms with Crippen LogP contribution in [0.4, 0.5) is 0 Å². The van der Waals surface area contributed by atoms with Crippen LogP contribution in [0.25, 0.3) is 0 Å². The average molecular weight is 513 g/mol. The summed E-state index contributed by atoms with van der Waals surface area (Å²) in [5.41, 5.74) is 4.38. The number of methoxy groups -OCH3 is 1. The van der Waals surface area contributed by atoms with Gasteiger partial charge >= 0.3 is 5.97 Å². The van der Waals surface area contributed by atoms with Gasteiger partial charge in [-0.15, -0.1) is 11.8 Å². The molecule has 37 heavy (non-hydrogen) atoms. The number of rotatable bonds is 9. The highest BCUT2D eigenvalue weighted by Crippen LogP contribution is 2.38. The lowest BCUT2D eigenvalue weighted by Crippen LogP contribution is -2.17. The summed E-state index contributed by atoms with van der Waals surface area (Å²) in [7, 11) is 1.39. The van der Waals surface area contributed by atoms with Crippen molar-refractivity contribution >= 4 is 23.5 Å². The van der Waals surface area contributed by atoms with E-state index in [1.165, 1.54) is 7.11 Å². The second-order valence-corrected chi connectivity index (χ2v) is 9.90. The van der Waals surface area contributed by atoms with E-state index in [9.17, 15) is 9.59 Å². The zero-order valence-corrected chi connectivity index (χ0v) is 21.4. The number of carbonyl (C=O) groups excluding carboxylic acids is 2. The summed E-state index contributed by atoms with van der Waals surface area (Å²) >= 11 is 1.55. The van der Waals surface area contributed by atoms with Crippen molar-refractivity contribution in [3.63, 3.8) is 0 Å². The molecule has 1 aliphatic rings. The van der Waals surface area contributed by atoms with E-state index >= 15 is 0 Å². The summed E-state index contributed by atoms with van der Waals surface area (Å²) in [6.07, 6.45) is 6.06. The van der Waals surface area contributed by atoms with Crippen LogP contribution in [0.5, 0.6) is 5.75 Å². The molecule has 0 spiro atoms. The third-order valence-corrected chi connectivity index (χ3v) is 7.66. The van der Waals surface area contributed by atoms with Gasteiger partial charge in [0, 0.05) is 47.0 Å². The number of hydrogen-bond acceptors (Lipinski definition) is 6. The molecule has 5 rings (SSSR count). The van der Waals surface area contributed by atoms with Crippen molar-refractivity contribution in [1.29, 1.82) is 0 Å². The van der Waals surface area contributed by atoms with Crippen molar-refractivity contribution in [3.8, 4) is 5.75 Å². The summed E-state index contributed by atoms with van der Waals surface area (Å²) in [5.74, 6) is 1.95. The number of imidazole rings is 1. The van der Waals surface area contributed by atoms with E-state index in [0.717, 1.165) is 51.6 Å². The fraction of sp³-hybridized carbons (Fsp3) is 0.233. The molecule has 0 saturated carbocycles. The molecule has 0 unspecified atom stereocenters. The zero-order chi connectivity index (χ0) is 25.6. The molecular weight excluding hydrogens is 484 g/mol. The van der Waals surface area contributed by atoms with E-state index in [1.54, 1.807) is 24.0 Å². The van der Waals surface area contributed by atoms with Gasteiger partial charge in [-0.05, 0) is 48.2 Å². The van der Waals surface area contributed by atoms with Gasteiger partial charge in [-0.25, -0.2) is 9.78 Å². The van der Waals surface area contributed by atoms with Crippen LogP contribution in [-0.2, 0) is 23.3 Å². The van der Waals surface area contributed by atoms with Crippen molar-refractivity contribution in [2.45, 2.75) is 42.4 Å². The third-order valence-electron chi connectivity index (χ3n) is 6.56. The van der Waals surface area contributed by atoms with Gasteiger partial charge in [0.05, 0.1) is 12.7 Å². The highest BCUT2D eigenvalue weighted by Gasteiger charge is 2.25. The van der Waals surface area contributed by atoms with E-state index < -0.39 is 0 Å². The standard InChI is InChI=1S/C30H28N2O4S/c1-35-30(34)23-10-5-6-13-28(23)37-19-24-21-11-7-12-25(33)22(21)14-15-26(24)36-27(18-29-31-16-17-32-29)20-8-3-2-4-9-20/h2-6,8-10,13-17,27H,7,11-12,18-19H2,1H3,(H,31,32)/t27-/m0/s1. The number of aromatic amines is 1. The summed E-state index contributed by atoms with van der Waals surface area (Å²) in [4.78, 5) is 33.5. The molecule has 0 saturated heterocycles.